The van der Waals surface area contributed by atoms with Crippen LogP contribution in [0, 0.1) is 5.82 Å². The number of ether oxygens (including phenoxy) is 1. The van der Waals surface area contributed by atoms with E-state index in [-0.39, 0.29) is 45.1 Å². The number of aliphatic hydroxyl groups excluding tert-OH is 1. The van der Waals surface area contributed by atoms with Crippen molar-refractivity contribution in [2.75, 3.05) is 39.3 Å². The Balaban J connectivity index is 1.56. The highest BCUT2D eigenvalue weighted by molar-refractivity contribution is 7.89. The van der Waals surface area contributed by atoms with Crippen LogP contribution in [0.2, 0.25) is 0 Å². The Hall–Kier alpha value is -2.21. The molecule has 0 amide bonds. The molecule has 0 saturated carbocycles. The van der Waals surface area contributed by atoms with E-state index in [1.807, 2.05) is 0 Å². The SMILES string of the molecule is O=S(=O)(c1ccccc1C(F)(F)F)N1CCN(C[C@H](O)COc2ccccc2F)CC1. The van der Waals surface area contributed by atoms with Gasteiger partial charge in [0.2, 0.25) is 10.0 Å². The molecule has 0 bridgehead atoms. The predicted octanol–water partition coefficient (Wildman–Crippen LogP) is 2.59. The van der Waals surface area contributed by atoms with Crippen molar-refractivity contribution in [3.8, 4) is 5.75 Å². The molecule has 0 radical (unpaired) electrons. The molecule has 1 atom stereocenters. The van der Waals surface area contributed by atoms with Gasteiger partial charge in [0.25, 0.3) is 0 Å². The molecule has 6 nitrogen and oxygen atoms in total. The van der Waals surface area contributed by atoms with E-state index in [0.717, 1.165) is 22.5 Å². The monoisotopic (exact) mass is 462 g/mol. The summed E-state index contributed by atoms with van der Waals surface area (Å²) in [5, 5.41) is 10.1. The van der Waals surface area contributed by atoms with Gasteiger partial charge in [-0.3, -0.25) is 4.90 Å². The average Bonchev–Trinajstić information content (AvgIpc) is 2.73. The second kappa shape index (κ2) is 9.51. The van der Waals surface area contributed by atoms with Crippen LogP contribution in [-0.2, 0) is 16.2 Å². The third-order valence-corrected chi connectivity index (χ3v) is 6.84. The Morgan fingerprint density at radius 3 is 2.26 bits per heavy atom. The maximum atomic E-state index is 13.5. The number of aliphatic hydroxyl groups is 1. The van der Waals surface area contributed by atoms with Crippen LogP contribution in [0.5, 0.6) is 5.75 Å². The van der Waals surface area contributed by atoms with Gasteiger partial charge in [0.05, 0.1) is 10.5 Å². The number of sulfonamides is 1. The molecule has 1 N–H and O–H groups in total. The molecule has 0 aliphatic carbocycles. The lowest BCUT2D eigenvalue weighted by Gasteiger charge is -2.35. The van der Waals surface area contributed by atoms with Crippen molar-refractivity contribution in [2.24, 2.45) is 0 Å². The fourth-order valence-electron chi connectivity index (χ4n) is 3.32. The van der Waals surface area contributed by atoms with Crippen molar-refractivity contribution in [1.29, 1.82) is 0 Å². The van der Waals surface area contributed by atoms with Gasteiger partial charge in [-0.2, -0.15) is 17.5 Å². The van der Waals surface area contributed by atoms with E-state index in [1.165, 1.54) is 24.3 Å². The van der Waals surface area contributed by atoms with Crippen LogP contribution in [0.3, 0.4) is 0 Å². The van der Waals surface area contributed by atoms with Crippen molar-refractivity contribution in [2.45, 2.75) is 17.2 Å². The summed E-state index contributed by atoms with van der Waals surface area (Å²) >= 11 is 0. The van der Waals surface area contributed by atoms with Gasteiger partial charge in [-0.05, 0) is 24.3 Å². The van der Waals surface area contributed by atoms with Gasteiger partial charge < -0.3 is 9.84 Å². The average molecular weight is 462 g/mol. The largest absolute Gasteiger partial charge is 0.488 e. The van der Waals surface area contributed by atoms with Crippen molar-refractivity contribution in [1.82, 2.24) is 9.21 Å². The van der Waals surface area contributed by atoms with Crippen LogP contribution in [0.15, 0.2) is 53.4 Å². The number of nitrogens with zero attached hydrogens (tertiary/aromatic N) is 2. The van der Waals surface area contributed by atoms with E-state index in [9.17, 15) is 31.1 Å². The second-order valence-corrected chi connectivity index (χ2v) is 9.00. The fourth-order valence-corrected chi connectivity index (χ4v) is 4.95. The third kappa shape index (κ3) is 5.73. The van der Waals surface area contributed by atoms with E-state index >= 15 is 0 Å². The van der Waals surface area contributed by atoms with Crippen LogP contribution in [0.25, 0.3) is 0 Å². The van der Waals surface area contributed by atoms with Gasteiger partial charge in [0, 0.05) is 32.7 Å². The first-order valence-electron chi connectivity index (χ1n) is 9.53. The zero-order valence-corrected chi connectivity index (χ0v) is 17.2. The normalized spacial score (nSPS) is 17.5. The van der Waals surface area contributed by atoms with Crippen LogP contribution in [-0.4, -0.2) is 68.2 Å². The minimum Gasteiger partial charge on any atom is -0.488 e. The lowest BCUT2D eigenvalue weighted by atomic mass is 10.2. The Morgan fingerprint density at radius 2 is 1.61 bits per heavy atom. The topological polar surface area (TPSA) is 70.1 Å². The Kier molecular flexibility index (Phi) is 7.20. The van der Waals surface area contributed by atoms with Crippen LogP contribution < -0.4 is 4.74 Å². The van der Waals surface area contributed by atoms with Crippen LogP contribution in [0.4, 0.5) is 17.6 Å². The summed E-state index contributed by atoms with van der Waals surface area (Å²) in [7, 11) is -4.32. The highest BCUT2D eigenvalue weighted by Crippen LogP contribution is 2.35. The molecule has 1 heterocycles. The summed E-state index contributed by atoms with van der Waals surface area (Å²) in [6.07, 6.45) is -5.73. The van der Waals surface area contributed by atoms with E-state index in [2.05, 4.69) is 0 Å². The predicted molar refractivity (Wildman–Crippen MR) is 105 cm³/mol. The summed E-state index contributed by atoms with van der Waals surface area (Å²) in [5.41, 5.74) is -1.20. The molecule has 0 unspecified atom stereocenters. The first kappa shape index (κ1) is 23.5. The summed E-state index contributed by atoms with van der Waals surface area (Å²) in [6.45, 7) is 0.416. The quantitative estimate of drug-likeness (QED) is 0.641. The number of rotatable bonds is 7. The number of halogens is 4. The maximum absolute atomic E-state index is 13.5. The fraction of sp³-hybridized carbons (Fsp3) is 0.400. The van der Waals surface area contributed by atoms with E-state index < -0.39 is 38.6 Å². The molecule has 170 valence electrons. The highest BCUT2D eigenvalue weighted by atomic mass is 32.2. The van der Waals surface area contributed by atoms with Gasteiger partial charge in [-0.1, -0.05) is 24.3 Å². The molecule has 1 saturated heterocycles. The number of para-hydroxylation sites is 1. The first-order chi connectivity index (χ1) is 14.6. The smallest absolute Gasteiger partial charge is 0.417 e. The number of hydrogen-bond donors (Lipinski definition) is 1. The lowest BCUT2D eigenvalue weighted by Crippen LogP contribution is -2.51. The molecule has 1 fully saturated rings. The van der Waals surface area contributed by atoms with Gasteiger partial charge >= 0.3 is 6.18 Å². The van der Waals surface area contributed by atoms with E-state index in [4.69, 9.17) is 4.74 Å². The Bertz CT molecular complexity index is 993. The summed E-state index contributed by atoms with van der Waals surface area (Å²) in [4.78, 5) is 1.01. The molecular weight excluding hydrogens is 440 g/mol. The number of alkyl halides is 3. The summed E-state index contributed by atoms with van der Waals surface area (Å²) < 4.78 is 85.0. The molecule has 0 spiro atoms. The van der Waals surface area contributed by atoms with Crippen LogP contribution in [0.1, 0.15) is 5.56 Å². The zero-order chi connectivity index (χ0) is 22.6. The number of hydrogen-bond acceptors (Lipinski definition) is 5. The van der Waals surface area contributed by atoms with Gasteiger partial charge in [-0.25, -0.2) is 12.8 Å². The minimum atomic E-state index is -4.78. The van der Waals surface area contributed by atoms with E-state index in [1.54, 1.807) is 11.0 Å². The van der Waals surface area contributed by atoms with Crippen LogP contribution >= 0.6 is 0 Å². The Morgan fingerprint density at radius 1 is 1.00 bits per heavy atom. The standard InChI is InChI=1S/C20H22F4N2O4S/c21-17-6-2-3-7-18(17)30-14-15(27)13-25-9-11-26(12-10-25)31(28,29)19-8-4-1-5-16(19)20(22,23)24/h1-8,15,27H,9-14H2/t15-/m0/s1. The van der Waals surface area contributed by atoms with Crippen molar-refractivity contribution >= 4 is 10.0 Å². The summed E-state index contributed by atoms with van der Waals surface area (Å²) in [6, 6.07) is 9.88. The lowest BCUT2D eigenvalue weighted by molar-refractivity contribution is -0.139. The van der Waals surface area contributed by atoms with Gasteiger partial charge in [0.15, 0.2) is 11.6 Å². The van der Waals surface area contributed by atoms with Crippen molar-refractivity contribution < 1.29 is 35.8 Å². The molecule has 2 aromatic rings. The molecule has 1 aliphatic heterocycles. The summed E-state index contributed by atoms with van der Waals surface area (Å²) in [5.74, 6) is -0.534. The molecular formula is C20H22F4N2O4S. The Labute approximate surface area is 177 Å². The van der Waals surface area contributed by atoms with Gasteiger partial charge in [0.1, 0.15) is 12.7 Å². The molecule has 1 aliphatic rings. The van der Waals surface area contributed by atoms with Crippen molar-refractivity contribution in [3.63, 3.8) is 0 Å². The molecule has 3 rings (SSSR count). The van der Waals surface area contributed by atoms with E-state index in [0.29, 0.717) is 0 Å². The van der Waals surface area contributed by atoms with Gasteiger partial charge in [-0.15, -0.1) is 0 Å². The molecule has 0 aromatic heterocycles. The molecule has 11 heteroatoms. The van der Waals surface area contributed by atoms with Crippen molar-refractivity contribution in [3.05, 3.63) is 59.9 Å². The number of piperazine rings is 1. The number of benzene rings is 2. The first-order valence-corrected chi connectivity index (χ1v) is 11.0. The minimum absolute atomic E-state index is 0.0146. The third-order valence-electron chi connectivity index (χ3n) is 4.88. The maximum Gasteiger partial charge on any atom is 0.417 e. The molecule has 31 heavy (non-hydrogen) atoms. The highest BCUT2D eigenvalue weighted by Gasteiger charge is 2.39. The number of β-amino-alcohol motifs (C(OH)–C–C–N with tert-alkyl or cyclic N) is 1. The molecule has 2 aromatic carbocycles. The second-order valence-electron chi connectivity index (χ2n) is 7.09. The zero-order valence-electron chi connectivity index (χ0n) is 16.4.